The summed E-state index contributed by atoms with van der Waals surface area (Å²) in [5, 5.41) is 8.60. The van der Waals surface area contributed by atoms with Crippen molar-refractivity contribution in [3.05, 3.63) is 77.6 Å². The Morgan fingerprint density at radius 1 is 1.07 bits per heavy atom. The summed E-state index contributed by atoms with van der Waals surface area (Å²) in [7, 11) is 0. The van der Waals surface area contributed by atoms with Crippen LogP contribution in [0.2, 0.25) is 0 Å². The normalized spacial score (nSPS) is 18.8. The molecule has 1 aliphatic heterocycles. The van der Waals surface area contributed by atoms with E-state index in [1.165, 1.54) is 12.8 Å². The molecule has 1 aliphatic carbocycles. The molecule has 2 heterocycles. The molecule has 5 rings (SSSR count). The summed E-state index contributed by atoms with van der Waals surface area (Å²) in [6, 6.07) is 17.7. The number of rotatable bonds is 6. The Morgan fingerprint density at radius 3 is 2.76 bits per heavy atom. The van der Waals surface area contributed by atoms with Gasteiger partial charge in [-0.3, -0.25) is 4.79 Å². The maximum absolute atomic E-state index is 13.0. The Labute approximate surface area is 170 Å². The van der Waals surface area contributed by atoms with Crippen LogP contribution in [0.25, 0.3) is 0 Å². The van der Waals surface area contributed by atoms with Crippen molar-refractivity contribution in [1.29, 1.82) is 0 Å². The van der Waals surface area contributed by atoms with Gasteiger partial charge in [-0.25, -0.2) is 4.68 Å². The molecule has 6 heteroatoms. The third-order valence-corrected chi connectivity index (χ3v) is 5.68. The summed E-state index contributed by atoms with van der Waals surface area (Å²) in [5.74, 6) is 1.35. The monoisotopic (exact) mass is 388 g/mol. The molecule has 0 spiro atoms. The minimum atomic E-state index is 0.0418. The highest BCUT2D eigenvalue weighted by Crippen LogP contribution is 2.39. The number of carbonyl (C=O) groups excluding carboxylic acids is 1. The van der Waals surface area contributed by atoms with Crippen LogP contribution in [-0.2, 0) is 6.61 Å². The molecule has 1 aromatic heterocycles. The van der Waals surface area contributed by atoms with Crippen LogP contribution in [0, 0.1) is 0 Å². The molecule has 0 N–H and O–H groups in total. The van der Waals surface area contributed by atoms with E-state index in [0.717, 1.165) is 24.2 Å². The Kier molecular flexibility index (Phi) is 4.76. The van der Waals surface area contributed by atoms with Crippen molar-refractivity contribution in [2.24, 2.45) is 0 Å². The number of likely N-dealkylation sites (tertiary alicyclic amines) is 1. The van der Waals surface area contributed by atoms with E-state index in [2.05, 4.69) is 16.5 Å². The summed E-state index contributed by atoms with van der Waals surface area (Å²) in [4.78, 5) is 14.9. The Morgan fingerprint density at radius 2 is 1.93 bits per heavy atom. The average molecular weight is 388 g/mol. The molecule has 0 bridgehead atoms. The van der Waals surface area contributed by atoms with E-state index < -0.39 is 0 Å². The van der Waals surface area contributed by atoms with Gasteiger partial charge in [-0.1, -0.05) is 41.6 Å². The number of benzene rings is 2. The van der Waals surface area contributed by atoms with E-state index >= 15 is 0 Å². The molecule has 1 amide bonds. The van der Waals surface area contributed by atoms with Crippen LogP contribution in [0.1, 0.15) is 52.8 Å². The summed E-state index contributed by atoms with van der Waals surface area (Å²) in [6.07, 6.45) is 5.41. The fourth-order valence-electron chi connectivity index (χ4n) is 3.82. The lowest BCUT2D eigenvalue weighted by Crippen LogP contribution is -2.29. The molecule has 1 atom stereocenters. The minimum Gasteiger partial charge on any atom is -0.489 e. The van der Waals surface area contributed by atoms with Gasteiger partial charge in [-0.15, -0.1) is 5.10 Å². The molecule has 3 aromatic rings. The molecule has 2 aromatic carbocycles. The summed E-state index contributed by atoms with van der Waals surface area (Å²) < 4.78 is 7.82. The number of hydrogen-bond donors (Lipinski definition) is 0. The van der Waals surface area contributed by atoms with Gasteiger partial charge in [0, 0.05) is 30.8 Å². The van der Waals surface area contributed by atoms with Gasteiger partial charge >= 0.3 is 0 Å². The largest absolute Gasteiger partial charge is 0.489 e. The lowest BCUT2D eigenvalue weighted by Gasteiger charge is -2.17. The summed E-state index contributed by atoms with van der Waals surface area (Å²) in [5.41, 5.74) is 2.86. The second kappa shape index (κ2) is 7.70. The van der Waals surface area contributed by atoms with Crippen molar-refractivity contribution in [3.8, 4) is 5.75 Å². The molecule has 0 radical (unpaired) electrons. The van der Waals surface area contributed by atoms with Gasteiger partial charge in [-0.05, 0) is 43.0 Å². The first-order valence-electron chi connectivity index (χ1n) is 10.2. The molecular weight excluding hydrogens is 364 g/mol. The molecule has 6 nitrogen and oxygen atoms in total. The van der Waals surface area contributed by atoms with Crippen LogP contribution >= 0.6 is 0 Å². The van der Waals surface area contributed by atoms with E-state index in [-0.39, 0.29) is 11.9 Å². The second-order valence-electron chi connectivity index (χ2n) is 7.89. The fourth-order valence-corrected chi connectivity index (χ4v) is 3.82. The van der Waals surface area contributed by atoms with Crippen LogP contribution in [0.5, 0.6) is 5.75 Å². The van der Waals surface area contributed by atoms with Crippen LogP contribution < -0.4 is 4.74 Å². The highest BCUT2D eigenvalue weighted by Gasteiger charge is 2.31. The number of ether oxygens (including phenoxy) is 1. The first-order chi connectivity index (χ1) is 14.3. The number of nitrogens with zero attached hydrogens (tertiary/aromatic N) is 4. The van der Waals surface area contributed by atoms with E-state index in [1.807, 2.05) is 64.2 Å². The van der Waals surface area contributed by atoms with Crippen molar-refractivity contribution in [2.45, 2.75) is 37.8 Å². The Hall–Kier alpha value is -3.15. The predicted octanol–water partition coefficient (Wildman–Crippen LogP) is 3.82. The van der Waals surface area contributed by atoms with Gasteiger partial charge < -0.3 is 9.64 Å². The summed E-state index contributed by atoms with van der Waals surface area (Å²) in [6.45, 7) is 1.89. The average Bonchev–Trinajstić information content (AvgIpc) is 3.29. The first-order valence-corrected chi connectivity index (χ1v) is 10.2. The van der Waals surface area contributed by atoms with E-state index in [4.69, 9.17) is 4.74 Å². The summed E-state index contributed by atoms with van der Waals surface area (Å²) >= 11 is 0. The zero-order valence-corrected chi connectivity index (χ0v) is 16.3. The first kappa shape index (κ1) is 17.9. The number of hydrogen-bond acceptors (Lipinski definition) is 4. The van der Waals surface area contributed by atoms with Crippen LogP contribution in [-0.4, -0.2) is 38.9 Å². The molecule has 1 saturated carbocycles. The van der Waals surface area contributed by atoms with Gasteiger partial charge in [-0.2, -0.15) is 0 Å². The number of aromatic nitrogens is 3. The number of carbonyl (C=O) groups is 1. The smallest absolute Gasteiger partial charge is 0.254 e. The second-order valence-corrected chi connectivity index (χ2v) is 7.89. The standard InChI is InChI=1S/C23H24N4O2/c28-23(19-7-4-8-21(13-19)29-16-17-5-2-1-3-6-17)26-12-11-20(14-26)27-15-22(24-25-27)18-9-10-18/h1-8,13,15,18,20H,9-12,14,16H2. The van der Waals surface area contributed by atoms with Crippen LogP contribution in [0.15, 0.2) is 60.8 Å². The lowest BCUT2D eigenvalue weighted by atomic mass is 10.2. The molecule has 2 fully saturated rings. The molecule has 1 saturated heterocycles. The van der Waals surface area contributed by atoms with Crippen molar-refractivity contribution in [3.63, 3.8) is 0 Å². The van der Waals surface area contributed by atoms with Gasteiger partial charge in [0.25, 0.3) is 5.91 Å². The van der Waals surface area contributed by atoms with Gasteiger partial charge in [0.15, 0.2) is 0 Å². The van der Waals surface area contributed by atoms with Crippen molar-refractivity contribution < 1.29 is 9.53 Å². The van der Waals surface area contributed by atoms with E-state index in [9.17, 15) is 4.79 Å². The maximum Gasteiger partial charge on any atom is 0.254 e. The molecule has 148 valence electrons. The topological polar surface area (TPSA) is 60.2 Å². The van der Waals surface area contributed by atoms with E-state index in [1.54, 1.807) is 0 Å². The van der Waals surface area contributed by atoms with E-state index in [0.29, 0.717) is 30.4 Å². The van der Waals surface area contributed by atoms with Crippen LogP contribution in [0.4, 0.5) is 0 Å². The lowest BCUT2D eigenvalue weighted by molar-refractivity contribution is 0.0786. The SMILES string of the molecule is O=C(c1cccc(OCc2ccccc2)c1)N1CCC(n2cc(C3CC3)nn2)C1. The quantitative estimate of drug-likeness (QED) is 0.644. The third kappa shape index (κ3) is 4.01. The predicted molar refractivity (Wildman–Crippen MR) is 109 cm³/mol. The molecule has 29 heavy (non-hydrogen) atoms. The zero-order valence-electron chi connectivity index (χ0n) is 16.3. The maximum atomic E-state index is 13.0. The van der Waals surface area contributed by atoms with Gasteiger partial charge in [0.1, 0.15) is 12.4 Å². The molecule has 1 unspecified atom stereocenters. The Bertz CT molecular complexity index is 997. The fraction of sp³-hybridized carbons (Fsp3) is 0.348. The molecule has 2 aliphatic rings. The minimum absolute atomic E-state index is 0.0418. The van der Waals surface area contributed by atoms with Gasteiger partial charge in [0.05, 0.1) is 11.7 Å². The van der Waals surface area contributed by atoms with Crippen molar-refractivity contribution in [2.75, 3.05) is 13.1 Å². The van der Waals surface area contributed by atoms with Crippen molar-refractivity contribution in [1.82, 2.24) is 19.9 Å². The third-order valence-electron chi connectivity index (χ3n) is 5.68. The Balaban J connectivity index is 1.22. The highest BCUT2D eigenvalue weighted by molar-refractivity contribution is 5.94. The highest BCUT2D eigenvalue weighted by atomic mass is 16.5. The van der Waals surface area contributed by atoms with Gasteiger partial charge in [0.2, 0.25) is 0 Å². The van der Waals surface area contributed by atoms with Crippen molar-refractivity contribution >= 4 is 5.91 Å². The zero-order chi connectivity index (χ0) is 19.6. The van der Waals surface area contributed by atoms with Crippen LogP contribution in [0.3, 0.4) is 0 Å². The molecular formula is C23H24N4O2. The number of amides is 1.